The SMILES string of the molecule is [CH2]CCOCCOCCOCCCN. The molecule has 14 heavy (non-hydrogen) atoms. The van der Waals surface area contributed by atoms with E-state index in [9.17, 15) is 0 Å². The van der Waals surface area contributed by atoms with Crippen molar-refractivity contribution in [1.82, 2.24) is 0 Å². The van der Waals surface area contributed by atoms with E-state index in [0.717, 1.165) is 19.4 Å². The Labute approximate surface area is 86.7 Å². The second-order valence-electron chi connectivity index (χ2n) is 2.83. The molecular weight excluding hydrogens is 182 g/mol. The van der Waals surface area contributed by atoms with Crippen molar-refractivity contribution in [3.63, 3.8) is 0 Å². The van der Waals surface area contributed by atoms with Crippen molar-refractivity contribution in [2.75, 3.05) is 46.2 Å². The summed E-state index contributed by atoms with van der Waals surface area (Å²) >= 11 is 0. The summed E-state index contributed by atoms with van der Waals surface area (Å²) in [5.74, 6) is 0. The lowest BCUT2D eigenvalue weighted by Crippen LogP contribution is -2.11. The topological polar surface area (TPSA) is 53.7 Å². The predicted molar refractivity (Wildman–Crippen MR) is 56.1 cm³/mol. The summed E-state index contributed by atoms with van der Waals surface area (Å²) in [6.07, 6.45) is 1.72. The standard InChI is InChI=1S/C10H22NO3/c1-2-5-12-7-9-14-10-8-13-6-3-4-11/h1-11H2. The van der Waals surface area contributed by atoms with E-state index in [4.69, 9.17) is 19.9 Å². The fraction of sp³-hybridized carbons (Fsp3) is 0.900. The van der Waals surface area contributed by atoms with Gasteiger partial charge in [0.2, 0.25) is 0 Å². The second kappa shape index (κ2) is 12.8. The molecule has 0 bridgehead atoms. The van der Waals surface area contributed by atoms with Crippen LogP contribution in [-0.4, -0.2) is 46.2 Å². The molecule has 0 heterocycles. The van der Waals surface area contributed by atoms with Crippen molar-refractivity contribution in [3.8, 4) is 0 Å². The molecule has 0 saturated heterocycles. The molecule has 0 aliphatic rings. The zero-order valence-electron chi connectivity index (χ0n) is 8.87. The summed E-state index contributed by atoms with van der Waals surface area (Å²) in [6, 6.07) is 0. The molecule has 85 valence electrons. The number of rotatable bonds is 11. The average Bonchev–Trinajstić information content (AvgIpc) is 2.21. The molecule has 0 aromatic rings. The van der Waals surface area contributed by atoms with Crippen LogP contribution in [-0.2, 0) is 14.2 Å². The van der Waals surface area contributed by atoms with E-state index < -0.39 is 0 Å². The van der Waals surface area contributed by atoms with Crippen molar-refractivity contribution in [2.24, 2.45) is 5.73 Å². The highest BCUT2D eigenvalue weighted by Gasteiger charge is 1.90. The van der Waals surface area contributed by atoms with Crippen LogP contribution < -0.4 is 5.73 Å². The molecule has 0 aliphatic carbocycles. The van der Waals surface area contributed by atoms with Crippen LogP contribution in [0.25, 0.3) is 0 Å². The van der Waals surface area contributed by atoms with Crippen molar-refractivity contribution >= 4 is 0 Å². The van der Waals surface area contributed by atoms with Crippen LogP contribution in [0.5, 0.6) is 0 Å². The zero-order valence-corrected chi connectivity index (χ0v) is 8.87. The molecule has 0 atom stereocenters. The number of nitrogens with two attached hydrogens (primary N) is 1. The molecule has 4 heteroatoms. The van der Waals surface area contributed by atoms with E-state index in [1.54, 1.807) is 0 Å². The van der Waals surface area contributed by atoms with Gasteiger partial charge >= 0.3 is 0 Å². The largest absolute Gasteiger partial charge is 0.379 e. The first kappa shape index (κ1) is 13.8. The van der Waals surface area contributed by atoms with Gasteiger partial charge in [-0.2, -0.15) is 0 Å². The van der Waals surface area contributed by atoms with Crippen LogP contribution in [0.15, 0.2) is 0 Å². The predicted octanol–water partition coefficient (Wildman–Crippen LogP) is 0.609. The maximum atomic E-state index is 5.30. The summed E-state index contributed by atoms with van der Waals surface area (Å²) in [5.41, 5.74) is 5.30. The van der Waals surface area contributed by atoms with E-state index in [0.29, 0.717) is 39.6 Å². The molecule has 0 aromatic heterocycles. The molecule has 0 saturated carbocycles. The average molecular weight is 204 g/mol. The molecule has 0 amide bonds. The highest BCUT2D eigenvalue weighted by atomic mass is 16.5. The van der Waals surface area contributed by atoms with E-state index in [1.807, 2.05) is 0 Å². The van der Waals surface area contributed by atoms with E-state index in [2.05, 4.69) is 6.92 Å². The maximum Gasteiger partial charge on any atom is 0.0701 e. The molecule has 0 spiro atoms. The lowest BCUT2D eigenvalue weighted by molar-refractivity contribution is 0.0152. The third-order valence-electron chi connectivity index (χ3n) is 1.53. The van der Waals surface area contributed by atoms with Crippen molar-refractivity contribution in [1.29, 1.82) is 0 Å². The van der Waals surface area contributed by atoms with Crippen molar-refractivity contribution < 1.29 is 14.2 Å². The van der Waals surface area contributed by atoms with Crippen LogP contribution in [0.3, 0.4) is 0 Å². The fourth-order valence-corrected chi connectivity index (χ4v) is 0.829. The lowest BCUT2D eigenvalue weighted by Gasteiger charge is -2.05. The monoisotopic (exact) mass is 204 g/mol. The zero-order chi connectivity index (χ0) is 10.5. The Morgan fingerprint density at radius 2 is 1.29 bits per heavy atom. The summed E-state index contributed by atoms with van der Waals surface area (Å²) < 4.78 is 15.7. The summed E-state index contributed by atoms with van der Waals surface area (Å²) in [4.78, 5) is 0. The fourth-order valence-electron chi connectivity index (χ4n) is 0.829. The van der Waals surface area contributed by atoms with Crippen molar-refractivity contribution in [3.05, 3.63) is 6.92 Å². The van der Waals surface area contributed by atoms with Crippen LogP contribution in [0, 0.1) is 6.92 Å². The van der Waals surface area contributed by atoms with Gasteiger partial charge < -0.3 is 19.9 Å². The van der Waals surface area contributed by atoms with Crippen LogP contribution >= 0.6 is 0 Å². The normalized spacial score (nSPS) is 10.7. The number of hydrogen-bond donors (Lipinski definition) is 1. The van der Waals surface area contributed by atoms with Gasteiger partial charge in [-0.3, -0.25) is 0 Å². The van der Waals surface area contributed by atoms with E-state index >= 15 is 0 Å². The molecule has 0 fully saturated rings. The molecule has 4 nitrogen and oxygen atoms in total. The number of ether oxygens (including phenoxy) is 3. The van der Waals surface area contributed by atoms with Gasteiger partial charge in [0.05, 0.1) is 26.4 Å². The van der Waals surface area contributed by atoms with Crippen LogP contribution in [0.1, 0.15) is 12.8 Å². The summed E-state index contributed by atoms with van der Waals surface area (Å²) in [5, 5.41) is 0. The minimum Gasteiger partial charge on any atom is -0.379 e. The van der Waals surface area contributed by atoms with Gasteiger partial charge in [-0.15, -0.1) is 0 Å². The van der Waals surface area contributed by atoms with Gasteiger partial charge in [0.1, 0.15) is 0 Å². The lowest BCUT2D eigenvalue weighted by atomic mass is 10.5. The highest BCUT2D eigenvalue weighted by Crippen LogP contribution is 1.84. The highest BCUT2D eigenvalue weighted by molar-refractivity contribution is 4.38. The summed E-state index contributed by atoms with van der Waals surface area (Å²) in [7, 11) is 0. The van der Waals surface area contributed by atoms with Gasteiger partial charge in [-0.1, -0.05) is 6.92 Å². The maximum absolute atomic E-state index is 5.30. The molecule has 0 aromatic carbocycles. The third-order valence-corrected chi connectivity index (χ3v) is 1.53. The first-order chi connectivity index (χ1) is 6.91. The quantitative estimate of drug-likeness (QED) is 0.501. The molecular formula is C10H22NO3. The van der Waals surface area contributed by atoms with Gasteiger partial charge in [0, 0.05) is 13.2 Å². The van der Waals surface area contributed by atoms with E-state index in [1.165, 1.54) is 0 Å². The van der Waals surface area contributed by atoms with Gasteiger partial charge in [-0.05, 0) is 19.4 Å². The van der Waals surface area contributed by atoms with Gasteiger partial charge in [0.15, 0.2) is 0 Å². The minimum absolute atomic E-state index is 0.623. The molecule has 0 unspecified atom stereocenters. The molecule has 2 N–H and O–H groups in total. The van der Waals surface area contributed by atoms with E-state index in [-0.39, 0.29) is 0 Å². The second-order valence-corrected chi connectivity index (χ2v) is 2.83. The Morgan fingerprint density at radius 1 is 0.786 bits per heavy atom. The first-order valence-electron chi connectivity index (χ1n) is 5.14. The van der Waals surface area contributed by atoms with Gasteiger partial charge in [0.25, 0.3) is 0 Å². The Morgan fingerprint density at radius 3 is 1.79 bits per heavy atom. The Bertz CT molecular complexity index is 89.4. The molecule has 1 radical (unpaired) electrons. The Kier molecular flexibility index (Phi) is 12.7. The first-order valence-corrected chi connectivity index (χ1v) is 5.14. The Hall–Kier alpha value is -0.160. The smallest absolute Gasteiger partial charge is 0.0701 e. The minimum atomic E-state index is 0.623. The number of hydrogen-bond acceptors (Lipinski definition) is 4. The van der Waals surface area contributed by atoms with Crippen LogP contribution in [0.4, 0.5) is 0 Å². The van der Waals surface area contributed by atoms with Crippen molar-refractivity contribution in [2.45, 2.75) is 12.8 Å². The third kappa shape index (κ3) is 11.8. The molecule has 0 rings (SSSR count). The summed E-state index contributed by atoms with van der Waals surface area (Å²) in [6.45, 7) is 8.29. The molecule has 0 aliphatic heterocycles. The Balaban J connectivity index is 2.78. The van der Waals surface area contributed by atoms with Crippen LogP contribution in [0.2, 0.25) is 0 Å². The van der Waals surface area contributed by atoms with Gasteiger partial charge in [-0.25, -0.2) is 0 Å².